The summed E-state index contributed by atoms with van der Waals surface area (Å²) in [7, 11) is 1.24. The molecule has 0 spiro atoms. The van der Waals surface area contributed by atoms with E-state index in [0.29, 0.717) is 13.0 Å². The van der Waals surface area contributed by atoms with E-state index < -0.39 is 17.8 Å². The number of carbonyl (C=O) groups excluding carboxylic acids is 2. The molecule has 0 aliphatic rings. The number of aliphatic carboxylic acids is 1. The van der Waals surface area contributed by atoms with Gasteiger partial charge in [0.05, 0.1) is 18.4 Å². The first kappa shape index (κ1) is 20.7. The second-order valence-corrected chi connectivity index (χ2v) is 5.32. The van der Waals surface area contributed by atoms with E-state index in [-0.39, 0.29) is 23.2 Å². The largest absolute Gasteiger partial charge is 0.481 e. The summed E-state index contributed by atoms with van der Waals surface area (Å²) in [6.07, 6.45) is 3.45. The summed E-state index contributed by atoms with van der Waals surface area (Å²) in [5.41, 5.74) is 0.293. The van der Waals surface area contributed by atoms with Crippen molar-refractivity contribution in [3.8, 4) is 6.07 Å². The Kier molecular flexibility index (Phi) is 8.96. The maximum Gasteiger partial charge on any atom is 0.339 e. The quantitative estimate of drug-likeness (QED) is 0.252. The molecule has 26 heavy (non-hydrogen) atoms. The first-order valence-corrected chi connectivity index (χ1v) is 8.03. The van der Waals surface area contributed by atoms with Gasteiger partial charge in [0.2, 0.25) is 0 Å². The summed E-state index contributed by atoms with van der Waals surface area (Å²) in [4.78, 5) is 34.3. The number of rotatable bonds is 10. The molecule has 1 amide bonds. The lowest BCUT2D eigenvalue weighted by Gasteiger charge is -2.09. The monoisotopic (exact) mass is 359 g/mol. The minimum Gasteiger partial charge on any atom is -0.481 e. The van der Waals surface area contributed by atoms with Gasteiger partial charge in [-0.2, -0.15) is 5.26 Å². The highest BCUT2D eigenvalue weighted by molar-refractivity contribution is 6.09. The van der Waals surface area contributed by atoms with Crippen LogP contribution in [0.15, 0.2) is 36.0 Å². The van der Waals surface area contributed by atoms with E-state index in [1.54, 1.807) is 18.2 Å². The Hall–Kier alpha value is -3.34. The number of carbonyl (C=O) groups is 3. The van der Waals surface area contributed by atoms with Crippen molar-refractivity contribution in [2.45, 2.75) is 25.7 Å². The van der Waals surface area contributed by atoms with Crippen molar-refractivity contribution in [2.75, 3.05) is 19.0 Å². The molecule has 0 unspecified atom stereocenters. The van der Waals surface area contributed by atoms with Crippen LogP contribution >= 0.6 is 0 Å². The van der Waals surface area contributed by atoms with Crippen LogP contribution in [0.2, 0.25) is 0 Å². The zero-order valence-corrected chi connectivity index (χ0v) is 14.4. The number of methoxy groups -OCH3 is 1. The molecule has 0 saturated carbocycles. The van der Waals surface area contributed by atoms with Gasteiger partial charge in [0.25, 0.3) is 5.91 Å². The number of ether oxygens (including phenoxy) is 1. The zero-order valence-electron chi connectivity index (χ0n) is 14.4. The van der Waals surface area contributed by atoms with E-state index in [1.807, 2.05) is 0 Å². The van der Waals surface area contributed by atoms with Gasteiger partial charge in [0.15, 0.2) is 0 Å². The summed E-state index contributed by atoms with van der Waals surface area (Å²) in [5.74, 6) is -2.07. The molecule has 0 aliphatic carbocycles. The van der Waals surface area contributed by atoms with Gasteiger partial charge in [-0.3, -0.25) is 9.59 Å². The highest BCUT2D eigenvalue weighted by Crippen LogP contribution is 2.16. The molecule has 8 nitrogen and oxygen atoms in total. The molecule has 0 fully saturated rings. The van der Waals surface area contributed by atoms with Crippen molar-refractivity contribution in [3.63, 3.8) is 0 Å². The van der Waals surface area contributed by atoms with E-state index >= 15 is 0 Å². The van der Waals surface area contributed by atoms with Crippen molar-refractivity contribution in [1.29, 1.82) is 5.26 Å². The van der Waals surface area contributed by atoms with Crippen molar-refractivity contribution < 1.29 is 24.2 Å². The molecule has 0 aromatic heterocycles. The van der Waals surface area contributed by atoms with Crippen LogP contribution in [-0.2, 0) is 14.3 Å². The number of unbranched alkanes of at least 4 members (excludes halogenated alkanes) is 2. The number of nitrogens with zero attached hydrogens (tertiary/aromatic N) is 1. The van der Waals surface area contributed by atoms with E-state index in [4.69, 9.17) is 10.4 Å². The normalized spacial score (nSPS) is 10.5. The zero-order chi connectivity index (χ0) is 19.4. The highest BCUT2D eigenvalue weighted by atomic mass is 16.5. The number of amides is 1. The van der Waals surface area contributed by atoms with E-state index in [9.17, 15) is 14.4 Å². The molecule has 0 bridgehead atoms. The molecule has 0 aliphatic heterocycles. The second kappa shape index (κ2) is 11.3. The third kappa shape index (κ3) is 7.05. The Balaban J connectivity index is 2.58. The summed E-state index contributed by atoms with van der Waals surface area (Å²) in [5, 5.41) is 23.0. The fourth-order valence-corrected chi connectivity index (χ4v) is 2.07. The number of carboxylic acid groups (broad SMARTS) is 1. The lowest BCUT2D eigenvalue weighted by atomic mass is 10.1. The average Bonchev–Trinajstić information content (AvgIpc) is 2.63. The molecule has 0 heterocycles. The standard InChI is InChI=1S/C18H21N3O5/c1-26-18(25)14-7-4-5-8-15(14)21-17(24)13(11-19)12-20-10-6-2-3-9-16(22)23/h4-5,7-8,12,20H,2-3,6,9-10H2,1H3,(H,21,24)(H,22,23)/b13-12-. The maximum absolute atomic E-state index is 12.2. The summed E-state index contributed by atoms with van der Waals surface area (Å²) >= 11 is 0. The Bertz CT molecular complexity index is 722. The average molecular weight is 359 g/mol. The molecule has 1 aromatic rings. The van der Waals surface area contributed by atoms with Crippen LogP contribution in [0, 0.1) is 11.3 Å². The molecule has 1 rings (SSSR count). The Morgan fingerprint density at radius 1 is 1.23 bits per heavy atom. The Labute approximate surface area is 151 Å². The number of esters is 1. The molecule has 0 atom stereocenters. The van der Waals surface area contributed by atoms with E-state index in [0.717, 1.165) is 12.8 Å². The minimum absolute atomic E-state index is 0.126. The van der Waals surface area contributed by atoms with Crippen molar-refractivity contribution >= 4 is 23.5 Å². The molecule has 0 saturated heterocycles. The molecule has 0 radical (unpaired) electrons. The van der Waals surface area contributed by atoms with Crippen LogP contribution in [0.25, 0.3) is 0 Å². The Morgan fingerprint density at radius 3 is 2.62 bits per heavy atom. The maximum atomic E-state index is 12.2. The molecule has 138 valence electrons. The van der Waals surface area contributed by atoms with Crippen LogP contribution in [0.4, 0.5) is 5.69 Å². The number of hydrogen-bond donors (Lipinski definition) is 3. The highest BCUT2D eigenvalue weighted by Gasteiger charge is 2.15. The van der Waals surface area contributed by atoms with E-state index in [2.05, 4.69) is 15.4 Å². The number of anilines is 1. The second-order valence-electron chi connectivity index (χ2n) is 5.32. The van der Waals surface area contributed by atoms with Crippen LogP contribution in [0.3, 0.4) is 0 Å². The van der Waals surface area contributed by atoms with Crippen molar-refractivity contribution in [2.24, 2.45) is 0 Å². The van der Waals surface area contributed by atoms with Gasteiger partial charge in [0, 0.05) is 19.2 Å². The number of benzene rings is 1. The third-order valence-corrected chi connectivity index (χ3v) is 3.40. The van der Waals surface area contributed by atoms with Gasteiger partial charge >= 0.3 is 11.9 Å². The van der Waals surface area contributed by atoms with Gasteiger partial charge in [-0.15, -0.1) is 0 Å². The molecular weight excluding hydrogens is 338 g/mol. The lowest BCUT2D eigenvalue weighted by Crippen LogP contribution is -2.19. The first-order valence-electron chi connectivity index (χ1n) is 8.03. The Morgan fingerprint density at radius 2 is 1.96 bits per heavy atom. The first-order chi connectivity index (χ1) is 12.5. The molecule has 8 heteroatoms. The van der Waals surface area contributed by atoms with Gasteiger partial charge < -0.3 is 20.5 Å². The predicted molar refractivity (Wildman–Crippen MR) is 94.2 cm³/mol. The molecular formula is C18H21N3O5. The lowest BCUT2D eigenvalue weighted by molar-refractivity contribution is -0.137. The number of hydrogen-bond acceptors (Lipinski definition) is 6. The van der Waals surface area contributed by atoms with Crippen LogP contribution in [0.5, 0.6) is 0 Å². The van der Waals surface area contributed by atoms with Crippen LogP contribution in [-0.4, -0.2) is 36.6 Å². The van der Waals surface area contributed by atoms with Gasteiger partial charge in [-0.25, -0.2) is 4.79 Å². The summed E-state index contributed by atoms with van der Waals surface area (Å²) in [6, 6.07) is 8.12. The molecule has 3 N–H and O–H groups in total. The summed E-state index contributed by atoms with van der Waals surface area (Å²) in [6.45, 7) is 0.511. The fourth-order valence-electron chi connectivity index (χ4n) is 2.07. The fraction of sp³-hybridized carbons (Fsp3) is 0.333. The van der Waals surface area contributed by atoms with Gasteiger partial charge in [-0.1, -0.05) is 18.6 Å². The van der Waals surface area contributed by atoms with Crippen molar-refractivity contribution in [3.05, 3.63) is 41.6 Å². The topological polar surface area (TPSA) is 129 Å². The SMILES string of the molecule is COC(=O)c1ccccc1NC(=O)/C(C#N)=C\NCCCCCC(=O)O. The minimum atomic E-state index is -0.825. The summed E-state index contributed by atoms with van der Waals surface area (Å²) < 4.78 is 4.65. The third-order valence-electron chi connectivity index (χ3n) is 3.40. The smallest absolute Gasteiger partial charge is 0.339 e. The van der Waals surface area contributed by atoms with Crippen molar-refractivity contribution in [1.82, 2.24) is 5.32 Å². The van der Waals surface area contributed by atoms with Crippen LogP contribution < -0.4 is 10.6 Å². The molecule has 1 aromatic carbocycles. The number of para-hydroxylation sites is 1. The van der Waals surface area contributed by atoms with Crippen LogP contribution in [0.1, 0.15) is 36.0 Å². The van der Waals surface area contributed by atoms with Gasteiger partial charge in [-0.05, 0) is 25.0 Å². The van der Waals surface area contributed by atoms with E-state index in [1.165, 1.54) is 25.4 Å². The van der Waals surface area contributed by atoms with Gasteiger partial charge in [0.1, 0.15) is 11.6 Å². The predicted octanol–water partition coefficient (Wildman–Crippen LogP) is 2.05. The number of nitriles is 1. The number of nitrogens with one attached hydrogen (secondary N) is 2. The number of carboxylic acids is 1.